The molecule has 0 aliphatic carbocycles. The summed E-state index contributed by atoms with van der Waals surface area (Å²) in [6, 6.07) is 65.9. The topological polar surface area (TPSA) is 124 Å². The van der Waals surface area contributed by atoms with E-state index in [0.717, 1.165) is 87.8 Å². The van der Waals surface area contributed by atoms with E-state index < -0.39 is 23.9 Å². The summed E-state index contributed by atoms with van der Waals surface area (Å²) >= 11 is 0. The van der Waals surface area contributed by atoms with Crippen LogP contribution in [-0.2, 0) is 81.3 Å². The monoisotopic (exact) mass is 1120 g/mol. The van der Waals surface area contributed by atoms with Gasteiger partial charge in [-0.3, -0.25) is 0 Å². The van der Waals surface area contributed by atoms with Gasteiger partial charge in [0.15, 0.2) is 0 Å². The fourth-order valence-corrected chi connectivity index (χ4v) is 13.6. The van der Waals surface area contributed by atoms with E-state index in [2.05, 4.69) is 42.5 Å². The summed E-state index contributed by atoms with van der Waals surface area (Å²) in [4.78, 5) is 60.6. The number of carbonyl (C=O) groups excluding carboxylic acids is 4. The third-order valence-electron chi connectivity index (χ3n) is 17.4. The quantitative estimate of drug-likeness (QED) is 0.0477. The molecule has 0 N–H and O–H groups in total. The second-order valence-electron chi connectivity index (χ2n) is 22.3. The molecule has 2 aliphatic heterocycles. The van der Waals surface area contributed by atoms with Gasteiger partial charge in [-0.15, -0.1) is 0 Å². The Balaban J connectivity index is 1.05. The van der Waals surface area contributed by atoms with Crippen molar-refractivity contribution in [2.24, 2.45) is 0 Å². The van der Waals surface area contributed by atoms with Crippen molar-refractivity contribution >= 4 is 110 Å². The van der Waals surface area contributed by atoms with Gasteiger partial charge < -0.3 is 28.4 Å². The van der Waals surface area contributed by atoms with Crippen LogP contribution >= 0.6 is 0 Å². The van der Waals surface area contributed by atoms with Crippen molar-refractivity contribution < 1.29 is 47.6 Å². The zero-order valence-electron chi connectivity index (χ0n) is 46.4. The van der Waals surface area contributed by atoms with Crippen molar-refractivity contribution in [2.75, 3.05) is 0 Å². The number of benzene rings is 14. The lowest BCUT2D eigenvalue weighted by Crippen LogP contribution is -2.13. The van der Waals surface area contributed by atoms with Crippen LogP contribution in [0.4, 0.5) is 0 Å². The summed E-state index contributed by atoms with van der Waals surface area (Å²) in [6.07, 6.45) is 0. The van der Waals surface area contributed by atoms with Crippen LogP contribution in [0.25, 0.3) is 97.3 Å². The summed E-state index contributed by atoms with van der Waals surface area (Å²) < 4.78 is 37.4. The standard InChI is InChI=1S/C76H50O10/c77-73(83-35-43-13-5-1-6-14-43)57-30-27-52-54-28-31-59(75(79)85-37-45-17-9-3-10-18-45)70-62(76(80)86-38-46-19-11-4-12-20-46)34-61(68(72(54)70)56-29-32-58(69(57)66(52)56)74(78)84-36-44-15-7-2-8-16-44)60-33-50-42-82-41-49-22-25-53-51-24-21-47-39-81-40-48-23-26-55(65(51)63(47)48)67(60)71(53)64(49)50/h1-34H,35-42H2. The lowest BCUT2D eigenvalue weighted by Gasteiger charge is -2.27. The third-order valence-corrected chi connectivity index (χ3v) is 17.4. The molecule has 10 nitrogen and oxygen atoms in total. The Bertz CT molecular complexity index is 5050. The number of esters is 4. The molecule has 86 heavy (non-hydrogen) atoms. The first-order valence-corrected chi connectivity index (χ1v) is 28.8. The number of hydrogen-bond donors (Lipinski definition) is 0. The molecule has 0 radical (unpaired) electrons. The molecule has 0 spiro atoms. The zero-order valence-corrected chi connectivity index (χ0v) is 46.4. The Kier molecular flexibility index (Phi) is 12.3. The number of carbonyl (C=O) groups is 4. The molecule has 0 saturated carbocycles. The summed E-state index contributed by atoms with van der Waals surface area (Å²) in [5, 5.41) is 13.2. The van der Waals surface area contributed by atoms with Crippen molar-refractivity contribution in [3.8, 4) is 11.1 Å². The Hall–Kier alpha value is -10.5. The van der Waals surface area contributed by atoms with Crippen LogP contribution in [-0.4, -0.2) is 23.9 Å². The van der Waals surface area contributed by atoms with Crippen molar-refractivity contribution in [2.45, 2.75) is 52.9 Å². The van der Waals surface area contributed by atoms with Gasteiger partial charge >= 0.3 is 23.9 Å². The minimum absolute atomic E-state index is 0.0125. The molecular formula is C76H50O10. The van der Waals surface area contributed by atoms with E-state index in [1.165, 1.54) is 5.39 Å². The minimum Gasteiger partial charge on any atom is -0.457 e. The molecule has 0 fully saturated rings. The highest BCUT2D eigenvalue weighted by Gasteiger charge is 2.32. The average Bonchev–Trinajstić information content (AvgIpc) is 0.783. The average molecular weight is 1120 g/mol. The molecule has 10 heteroatoms. The molecule has 0 atom stereocenters. The maximum atomic E-state index is 15.6. The van der Waals surface area contributed by atoms with Gasteiger partial charge in [0, 0.05) is 10.8 Å². The molecule has 0 aromatic heterocycles. The van der Waals surface area contributed by atoms with E-state index in [4.69, 9.17) is 28.4 Å². The maximum absolute atomic E-state index is 15.6. The summed E-state index contributed by atoms with van der Waals surface area (Å²) in [6.45, 7) is 1.64. The van der Waals surface area contributed by atoms with Gasteiger partial charge in [0.05, 0.1) is 48.7 Å². The number of fused-ring (bicyclic) bond motifs is 4. The van der Waals surface area contributed by atoms with Crippen LogP contribution in [0.2, 0.25) is 0 Å². The summed E-state index contributed by atoms with van der Waals surface area (Å²) in [7, 11) is 0. The van der Waals surface area contributed by atoms with E-state index in [1.54, 1.807) is 18.2 Å². The van der Waals surface area contributed by atoms with Gasteiger partial charge in [-0.25, -0.2) is 19.2 Å². The van der Waals surface area contributed by atoms with E-state index in [1.807, 2.05) is 146 Å². The Morgan fingerprint density at radius 1 is 0.267 bits per heavy atom. The van der Waals surface area contributed by atoms with E-state index in [0.29, 0.717) is 75.1 Å². The fourth-order valence-electron chi connectivity index (χ4n) is 13.6. The van der Waals surface area contributed by atoms with E-state index in [9.17, 15) is 9.59 Å². The van der Waals surface area contributed by atoms with Crippen molar-refractivity contribution in [3.05, 3.63) is 273 Å². The molecule has 0 unspecified atom stereocenters. The highest BCUT2D eigenvalue weighted by atomic mass is 16.5. The molecule has 0 bridgehead atoms. The van der Waals surface area contributed by atoms with Gasteiger partial charge in [-0.2, -0.15) is 0 Å². The van der Waals surface area contributed by atoms with Crippen LogP contribution in [0.5, 0.6) is 0 Å². The van der Waals surface area contributed by atoms with Gasteiger partial charge in [-0.1, -0.05) is 176 Å². The smallest absolute Gasteiger partial charge is 0.339 e. The van der Waals surface area contributed by atoms with E-state index in [-0.39, 0.29) is 48.7 Å². The first kappa shape index (κ1) is 51.1. The van der Waals surface area contributed by atoms with Crippen LogP contribution in [0.1, 0.15) is 85.9 Å². The Labute approximate surface area is 492 Å². The van der Waals surface area contributed by atoms with E-state index >= 15 is 9.59 Å². The molecule has 0 saturated heterocycles. The lowest BCUT2D eigenvalue weighted by atomic mass is 9.78. The van der Waals surface area contributed by atoms with Crippen molar-refractivity contribution in [1.82, 2.24) is 0 Å². The van der Waals surface area contributed by atoms with Crippen molar-refractivity contribution in [3.63, 3.8) is 0 Å². The molecule has 0 amide bonds. The summed E-state index contributed by atoms with van der Waals surface area (Å²) in [5.74, 6) is -2.56. The second-order valence-corrected chi connectivity index (χ2v) is 22.3. The predicted molar refractivity (Wildman–Crippen MR) is 334 cm³/mol. The third kappa shape index (κ3) is 8.31. The van der Waals surface area contributed by atoms with Crippen LogP contribution < -0.4 is 0 Å². The van der Waals surface area contributed by atoms with Gasteiger partial charge in [0.1, 0.15) is 26.4 Å². The fraction of sp³-hybridized carbons (Fsp3) is 0.105. The number of ether oxygens (including phenoxy) is 6. The van der Waals surface area contributed by atoms with Crippen molar-refractivity contribution in [1.29, 1.82) is 0 Å². The first-order chi connectivity index (χ1) is 42.3. The number of rotatable bonds is 13. The maximum Gasteiger partial charge on any atom is 0.339 e. The minimum atomic E-state index is -0.647. The molecule has 14 aromatic rings. The second kappa shape index (κ2) is 20.7. The molecular weight excluding hydrogens is 1070 g/mol. The Morgan fingerprint density at radius 3 is 1.00 bits per heavy atom. The zero-order chi connectivity index (χ0) is 57.6. The normalized spacial score (nSPS) is 13.0. The summed E-state index contributed by atoms with van der Waals surface area (Å²) in [5.41, 5.74) is 9.54. The Morgan fingerprint density at radius 2 is 0.570 bits per heavy atom. The van der Waals surface area contributed by atoms with Gasteiger partial charge in [0.25, 0.3) is 0 Å². The molecule has 2 heterocycles. The predicted octanol–water partition coefficient (Wildman–Crippen LogP) is 16.9. The van der Waals surface area contributed by atoms with Gasteiger partial charge in [0.2, 0.25) is 0 Å². The highest BCUT2D eigenvalue weighted by Crippen LogP contribution is 2.53. The van der Waals surface area contributed by atoms with Crippen LogP contribution in [0.3, 0.4) is 0 Å². The number of hydrogen-bond acceptors (Lipinski definition) is 10. The SMILES string of the molecule is O=C(OCc1ccccc1)c1ccc2c3ccc(C(=O)OCc4ccccc4)c4c(C(=O)OCc5ccccc5)cc(-c5cc6c7c(ccc8c9ccc%10c%11c(ccc(c5c78)c%119)COC%10)COC6)c(c5ccc(C(=O)OCc6ccccc6)c1c25)c43. The largest absolute Gasteiger partial charge is 0.457 e. The first-order valence-electron chi connectivity index (χ1n) is 28.8. The highest BCUT2D eigenvalue weighted by molar-refractivity contribution is 6.43. The molecule has 16 rings (SSSR count). The van der Waals surface area contributed by atoms with Crippen LogP contribution in [0.15, 0.2) is 206 Å². The molecule has 14 aromatic carbocycles. The van der Waals surface area contributed by atoms with Gasteiger partial charge in [-0.05, 0) is 161 Å². The molecule has 414 valence electrons. The van der Waals surface area contributed by atoms with Crippen LogP contribution in [0, 0.1) is 0 Å². The lowest BCUT2D eigenvalue weighted by molar-refractivity contribution is 0.0458. The molecule has 2 aliphatic rings.